The van der Waals surface area contributed by atoms with Gasteiger partial charge < -0.3 is 15.0 Å². The maximum atomic E-state index is 13.4. The van der Waals surface area contributed by atoms with E-state index < -0.39 is 16.1 Å². The molecule has 0 saturated carbocycles. The molecule has 0 fully saturated rings. The van der Waals surface area contributed by atoms with Gasteiger partial charge in [-0.2, -0.15) is 0 Å². The van der Waals surface area contributed by atoms with Crippen LogP contribution in [-0.2, 0) is 17.0 Å². The minimum absolute atomic E-state index is 0.0675. The van der Waals surface area contributed by atoms with Crippen molar-refractivity contribution in [1.29, 1.82) is 0 Å². The molecule has 0 spiro atoms. The SMILES string of the molecule is CN=S1(=O)N[C@@H](C(C)C)C=Cc2c1cn(C)c2C(O)Nc1ccncc1. The Morgan fingerprint density at radius 2 is 2.08 bits per heavy atom. The van der Waals surface area contributed by atoms with Crippen molar-refractivity contribution < 1.29 is 9.32 Å². The first-order chi connectivity index (χ1) is 12.4. The first-order valence-electron chi connectivity index (χ1n) is 8.50. The molecule has 7 nitrogen and oxygen atoms in total. The Labute approximate surface area is 154 Å². The van der Waals surface area contributed by atoms with Gasteiger partial charge in [0.1, 0.15) is 9.92 Å². The number of aromatic nitrogens is 2. The van der Waals surface area contributed by atoms with Crippen LogP contribution in [0.25, 0.3) is 6.08 Å². The molecule has 0 bridgehead atoms. The van der Waals surface area contributed by atoms with Crippen molar-refractivity contribution in [2.45, 2.75) is 31.0 Å². The second-order valence-electron chi connectivity index (χ2n) is 6.64. The third-order valence-corrected chi connectivity index (χ3v) is 6.54. The highest BCUT2D eigenvalue weighted by Gasteiger charge is 2.29. The summed E-state index contributed by atoms with van der Waals surface area (Å²) in [6.07, 6.45) is 8.03. The van der Waals surface area contributed by atoms with E-state index in [1.165, 1.54) is 0 Å². The Bertz CT molecular complexity index is 927. The topological polar surface area (TPSA) is 91.5 Å². The van der Waals surface area contributed by atoms with E-state index in [4.69, 9.17) is 0 Å². The molecule has 3 rings (SSSR count). The lowest BCUT2D eigenvalue weighted by Crippen LogP contribution is -2.36. The molecule has 0 radical (unpaired) electrons. The summed E-state index contributed by atoms with van der Waals surface area (Å²) in [5.41, 5.74) is 2.11. The van der Waals surface area contributed by atoms with E-state index >= 15 is 0 Å². The molecule has 26 heavy (non-hydrogen) atoms. The van der Waals surface area contributed by atoms with Crippen LogP contribution in [0.2, 0.25) is 0 Å². The zero-order valence-electron chi connectivity index (χ0n) is 15.4. The summed E-state index contributed by atoms with van der Waals surface area (Å²) >= 11 is 0. The molecule has 0 aromatic carbocycles. The van der Waals surface area contributed by atoms with E-state index in [0.29, 0.717) is 10.6 Å². The maximum absolute atomic E-state index is 13.4. The minimum atomic E-state index is -2.78. The van der Waals surface area contributed by atoms with Crippen LogP contribution >= 0.6 is 0 Å². The van der Waals surface area contributed by atoms with Gasteiger partial charge in [0.2, 0.25) is 0 Å². The highest BCUT2D eigenvalue weighted by Crippen LogP contribution is 2.32. The Balaban J connectivity index is 2.07. The highest BCUT2D eigenvalue weighted by molar-refractivity contribution is 7.91. The molecule has 3 heterocycles. The average molecular weight is 375 g/mol. The molecule has 140 valence electrons. The lowest BCUT2D eigenvalue weighted by atomic mass is 10.0. The van der Waals surface area contributed by atoms with E-state index in [1.807, 2.05) is 19.2 Å². The van der Waals surface area contributed by atoms with Crippen LogP contribution < -0.4 is 10.0 Å². The molecule has 8 heteroatoms. The number of hydrogen-bond donors (Lipinski definition) is 3. The highest BCUT2D eigenvalue weighted by atomic mass is 32.2. The summed E-state index contributed by atoms with van der Waals surface area (Å²) in [6, 6.07) is 3.49. The summed E-state index contributed by atoms with van der Waals surface area (Å²) in [7, 11) is 0.596. The molecule has 0 amide bonds. The number of fused-ring (bicyclic) bond motifs is 1. The van der Waals surface area contributed by atoms with Crippen LogP contribution in [0, 0.1) is 5.92 Å². The van der Waals surface area contributed by atoms with Gasteiger partial charge in [-0.3, -0.25) is 4.98 Å². The largest absolute Gasteiger partial charge is 0.368 e. The van der Waals surface area contributed by atoms with E-state index in [0.717, 1.165) is 11.3 Å². The summed E-state index contributed by atoms with van der Waals surface area (Å²) in [5, 5.41) is 13.8. The summed E-state index contributed by atoms with van der Waals surface area (Å²) in [5.74, 6) is 0.259. The van der Waals surface area contributed by atoms with Crippen molar-refractivity contribution >= 4 is 21.7 Å². The van der Waals surface area contributed by atoms with Gasteiger partial charge >= 0.3 is 0 Å². The van der Waals surface area contributed by atoms with Crippen molar-refractivity contribution in [1.82, 2.24) is 14.3 Å². The third kappa shape index (κ3) is 3.40. The number of aryl methyl sites for hydroxylation is 1. The first kappa shape index (κ1) is 18.6. The molecule has 0 aliphatic carbocycles. The summed E-state index contributed by atoms with van der Waals surface area (Å²) < 4.78 is 22.6. The molecular formula is C18H25N5O2S. The fourth-order valence-electron chi connectivity index (χ4n) is 3.03. The monoisotopic (exact) mass is 375 g/mol. The van der Waals surface area contributed by atoms with Gasteiger partial charge in [0, 0.05) is 50.0 Å². The van der Waals surface area contributed by atoms with Crippen molar-refractivity contribution in [3.05, 3.63) is 48.1 Å². The molecule has 3 atom stereocenters. The molecular weight excluding hydrogens is 350 g/mol. The fourth-order valence-corrected chi connectivity index (χ4v) is 4.95. The number of nitrogens with one attached hydrogen (secondary N) is 2. The minimum Gasteiger partial charge on any atom is -0.368 e. The van der Waals surface area contributed by atoms with Gasteiger partial charge in [-0.25, -0.2) is 13.3 Å². The molecule has 1 aliphatic rings. The first-order valence-corrected chi connectivity index (χ1v) is 10.0. The summed E-state index contributed by atoms with van der Waals surface area (Å²) in [4.78, 5) is 4.56. The number of aliphatic hydroxyl groups excluding tert-OH is 1. The van der Waals surface area contributed by atoms with Crippen molar-refractivity contribution in [2.24, 2.45) is 17.3 Å². The van der Waals surface area contributed by atoms with E-state index in [2.05, 4.69) is 33.2 Å². The molecule has 3 N–H and O–H groups in total. The van der Waals surface area contributed by atoms with E-state index in [9.17, 15) is 9.32 Å². The smallest absolute Gasteiger partial charge is 0.166 e. The Hall–Kier alpha value is -2.16. The second kappa shape index (κ2) is 7.22. The molecule has 2 aromatic heterocycles. The number of nitrogens with zero attached hydrogens (tertiary/aromatic N) is 3. The van der Waals surface area contributed by atoms with Gasteiger partial charge in [0.15, 0.2) is 6.23 Å². The van der Waals surface area contributed by atoms with Crippen LogP contribution in [-0.4, -0.2) is 32.0 Å². The van der Waals surface area contributed by atoms with E-state index in [1.54, 1.807) is 42.3 Å². The third-order valence-electron chi connectivity index (χ3n) is 4.51. The van der Waals surface area contributed by atoms with Gasteiger partial charge in [-0.15, -0.1) is 0 Å². The Morgan fingerprint density at radius 1 is 1.38 bits per heavy atom. The molecule has 2 aromatic rings. The van der Waals surface area contributed by atoms with Gasteiger partial charge in [-0.1, -0.05) is 26.0 Å². The number of hydrogen-bond acceptors (Lipinski definition) is 5. The lowest BCUT2D eigenvalue weighted by molar-refractivity contribution is 0.199. The van der Waals surface area contributed by atoms with Crippen LogP contribution in [0.4, 0.5) is 5.69 Å². The predicted octanol–water partition coefficient (Wildman–Crippen LogP) is 2.54. The average Bonchev–Trinajstić information content (AvgIpc) is 2.88. The lowest BCUT2D eigenvalue weighted by Gasteiger charge is -2.19. The second-order valence-corrected chi connectivity index (χ2v) is 8.73. The van der Waals surface area contributed by atoms with Crippen molar-refractivity contribution in [2.75, 3.05) is 12.4 Å². The maximum Gasteiger partial charge on any atom is 0.166 e. The Kier molecular flexibility index (Phi) is 5.17. The van der Waals surface area contributed by atoms with Crippen LogP contribution in [0.15, 0.2) is 46.1 Å². The van der Waals surface area contributed by atoms with Gasteiger partial charge in [0.05, 0.1) is 10.6 Å². The van der Waals surface area contributed by atoms with Crippen LogP contribution in [0.3, 0.4) is 0 Å². The number of pyridine rings is 1. The number of anilines is 1. The zero-order chi connectivity index (χ0) is 18.9. The normalized spacial score (nSPS) is 23.4. The van der Waals surface area contributed by atoms with Crippen molar-refractivity contribution in [3.63, 3.8) is 0 Å². The van der Waals surface area contributed by atoms with Crippen LogP contribution in [0.5, 0.6) is 0 Å². The standard InChI is InChI=1S/C18H25N5O2S/c1-12(2)15-6-5-14-16(26(25,19-3)22-15)11-23(4)17(14)18(24)21-13-7-9-20-10-8-13/h5-12,15,18,24H,1-4H3,(H,20,21)(H,19,22,25)/t15-,18?,26?/m1/s1. The molecule has 2 unspecified atom stereocenters. The summed E-state index contributed by atoms with van der Waals surface area (Å²) in [6.45, 7) is 4.13. The zero-order valence-corrected chi connectivity index (χ0v) is 16.2. The van der Waals surface area contributed by atoms with Gasteiger partial charge in [-0.05, 0) is 18.1 Å². The Morgan fingerprint density at radius 3 is 2.69 bits per heavy atom. The predicted molar refractivity (Wildman–Crippen MR) is 104 cm³/mol. The molecule has 1 aliphatic heterocycles. The number of rotatable bonds is 4. The molecule has 0 saturated heterocycles. The van der Waals surface area contributed by atoms with E-state index in [-0.39, 0.29) is 12.0 Å². The van der Waals surface area contributed by atoms with Crippen LogP contribution in [0.1, 0.15) is 31.3 Å². The number of aliphatic hydroxyl groups is 1. The van der Waals surface area contributed by atoms with Gasteiger partial charge in [0.25, 0.3) is 0 Å². The fraction of sp³-hybridized carbons (Fsp3) is 0.389. The quantitative estimate of drug-likeness (QED) is 0.716. The van der Waals surface area contributed by atoms with Crippen molar-refractivity contribution in [3.8, 4) is 0 Å².